The zero-order chi connectivity index (χ0) is 26.3. The lowest BCUT2D eigenvalue weighted by Crippen LogP contribution is -2.47. The van der Waals surface area contributed by atoms with Crippen LogP contribution >= 0.6 is 0 Å². The predicted octanol–water partition coefficient (Wildman–Crippen LogP) is 4.31. The SMILES string of the molecule is Cc1c(F)ccc([C@@H]2[C@@H](C(=O)Nc3ccnc(C(N)=O)c3)O[C@@](C)(C(F)(F)F)[C@H]2C)c1OC(F)F. The highest BCUT2D eigenvalue weighted by atomic mass is 19.4. The zero-order valence-electron chi connectivity index (χ0n) is 18.6. The van der Waals surface area contributed by atoms with Crippen LogP contribution in [-0.2, 0) is 9.53 Å². The van der Waals surface area contributed by atoms with Gasteiger partial charge >= 0.3 is 12.8 Å². The summed E-state index contributed by atoms with van der Waals surface area (Å²) in [5, 5.41) is 2.33. The van der Waals surface area contributed by atoms with E-state index in [2.05, 4.69) is 15.0 Å². The van der Waals surface area contributed by atoms with E-state index >= 15 is 0 Å². The van der Waals surface area contributed by atoms with Crippen molar-refractivity contribution in [3.63, 3.8) is 0 Å². The number of nitrogens with two attached hydrogens (primary N) is 1. The number of nitrogens with one attached hydrogen (secondary N) is 1. The monoisotopic (exact) mass is 505 g/mol. The number of alkyl halides is 5. The Labute approximate surface area is 195 Å². The Morgan fingerprint density at radius 2 is 1.91 bits per heavy atom. The number of primary amides is 1. The molecule has 190 valence electrons. The summed E-state index contributed by atoms with van der Waals surface area (Å²) in [6.45, 7) is -0.401. The van der Waals surface area contributed by atoms with Gasteiger partial charge in [0.1, 0.15) is 23.4 Å². The molecule has 1 saturated heterocycles. The van der Waals surface area contributed by atoms with E-state index in [1.54, 1.807) is 0 Å². The van der Waals surface area contributed by atoms with Crippen LogP contribution in [0.15, 0.2) is 30.5 Å². The summed E-state index contributed by atoms with van der Waals surface area (Å²) >= 11 is 0. The minimum Gasteiger partial charge on any atom is -0.434 e. The Kier molecular flexibility index (Phi) is 7.02. The minimum atomic E-state index is -4.95. The Hall–Kier alpha value is -3.35. The number of halogens is 6. The van der Waals surface area contributed by atoms with Crippen molar-refractivity contribution in [2.24, 2.45) is 11.7 Å². The van der Waals surface area contributed by atoms with Crippen LogP contribution in [0.5, 0.6) is 5.75 Å². The summed E-state index contributed by atoms with van der Waals surface area (Å²) in [6, 6.07) is 4.23. The molecule has 0 saturated carbocycles. The number of benzene rings is 1. The molecule has 2 amide bonds. The second-order valence-corrected chi connectivity index (χ2v) is 8.21. The third kappa shape index (κ3) is 4.90. The van der Waals surface area contributed by atoms with E-state index in [1.165, 1.54) is 6.07 Å². The maximum absolute atomic E-state index is 14.1. The summed E-state index contributed by atoms with van der Waals surface area (Å²) < 4.78 is 92.1. The fraction of sp³-hybridized carbons (Fsp3) is 0.409. The molecular weight excluding hydrogens is 484 g/mol. The summed E-state index contributed by atoms with van der Waals surface area (Å²) in [7, 11) is 0. The van der Waals surface area contributed by atoms with Gasteiger partial charge in [-0.15, -0.1) is 0 Å². The standard InChI is InChI=1S/C22H21F6N3O4/c1-9-13(23)5-4-12(16(9)34-20(24)25)15-10(2)21(3,22(26,27)28)35-17(15)19(33)31-11-6-7-30-14(8-11)18(29)32/h4-8,10,15,17,20H,1-3H3,(H2,29,32)(H,30,31,33)/t10-,15+,17-,21+/m0/s1. The largest absolute Gasteiger partial charge is 0.434 e. The van der Waals surface area contributed by atoms with E-state index in [0.717, 1.165) is 45.2 Å². The lowest BCUT2D eigenvalue weighted by atomic mass is 9.76. The van der Waals surface area contributed by atoms with Gasteiger partial charge in [-0.25, -0.2) is 4.39 Å². The van der Waals surface area contributed by atoms with Crippen molar-refractivity contribution in [1.29, 1.82) is 0 Å². The number of ether oxygens (including phenoxy) is 2. The lowest BCUT2D eigenvalue weighted by molar-refractivity contribution is -0.272. The van der Waals surface area contributed by atoms with Crippen molar-refractivity contribution in [2.75, 3.05) is 5.32 Å². The molecule has 3 rings (SSSR count). The number of carbonyl (C=O) groups is 2. The Morgan fingerprint density at radius 1 is 1.26 bits per heavy atom. The second kappa shape index (κ2) is 9.36. The highest BCUT2D eigenvalue weighted by Gasteiger charge is 2.65. The molecule has 2 heterocycles. The number of carbonyl (C=O) groups excluding carboxylic acids is 2. The number of aromatic nitrogens is 1. The molecule has 1 fully saturated rings. The molecule has 0 radical (unpaired) electrons. The number of nitrogens with zero attached hydrogens (tertiary/aromatic N) is 1. The molecule has 1 aromatic carbocycles. The molecule has 4 atom stereocenters. The van der Waals surface area contributed by atoms with Gasteiger partial charge in [-0.05, 0) is 32.0 Å². The average molecular weight is 505 g/mol. The van der Waals surface area contributed by atoms with Gasteiger partial charge < -0.3 is 20.5 Å². The van der Waals surface area contributed by atoms with E-state index < -0.39 is 59.7 Å². The number of anilines is 1. The first-order chi connectivity index (χ1) is 16.2. The van der Waals surface area contributed by atoms with E-state index in [4.69, 9.17) is 10.5 Å². The first kappa shape index (κ1) is 26.3. The van der Waals surface area contributed by atoms with Crippen molar-refractivity contribution in [2.45, 2.75) is 51.2 Å². The Morgan fingerprint density at radius 3 is 2.49 bits per heavy atom. The maximum atomic E-state index is 14.1. The van der Waals surface area contributed by atoms with Crippen LogP contribution in [-0.4, -0.2) is 41.3 Å². The summed E-state index contributed by atoms with van der Waals surface area (Å²) in [5.41, 5.74) is 1.43. The molecule has 13 heteroatoms. The normalized spacial score (nSPS) is 24.5. The first-order valence-electron chi connectivity index (χ1n) is 10.2. The van der Waals surface area contributed by atoms with Crippen LogP contribution in [0.3, 0.4) is 0 Å². The molecule has 35 heavy (non-hydrogen) atoms. The Bertz CT molecular complexity index is 1140. The van der Waals surface area contributed by atoms with Crippen LogP contribution in [0.2, 0.25) is 0 Å². The zero-order valence-corrected chi connectivity index (χ0v) is 18.6. The minimum absolute atomic E-state index is 0.0197. The molecule has 0 unspecified atom stereocenters. The summed E-state index contributed by atoms with van der Waals surface area (Å²) in [6.07, 6.45) is -5.66. The molecule has 1 aromatic heterocycles. The molecule has 3 N–H and O–H groups in total. The molecule has 1 aliphatic heterocycles. The van der Waals surface area contributed by atoms with Gasteiger partial charge in [0.15, 0.2) is 5.60 Å². The number of hydrogen-bond acceptors (Lipinski definition) is 5. The van der Waals surface area contributed by atoms with Gasteiger partial charge in [0.25, 0.3) is 11.8 Å². The van der Waals surface area contributed by atoms with Crippen LogP contribution in [0.25, 0.3) is 0 Å². The van der Waals surface area contributed by atoms with Crippen LogP contribution in [0, 0.1) is 18.7 Å². The van der Waals surface area contributed by atoms with Crippen LogP contribution < -0.4 is 15.8 Å². The van der Waals surface area contributed by atoms with Gasteiger partial charge in [-0.2, -0.15) is 22.0 Å². The van der Waals surface area contributed by atoms with Gasteiger partial charge in [-0.1, -0.05) is 13.0 Å². The quantitative estimate of drug-likeness (QED) is 0.570. The third-order valence-corrected chi connectivity index (χ3v) is 6.14. The highest BCUT2D eigenvalue weighted by molar-refractivity contribution is 5.97. The fourth-order valence-electron chi connectivity index (χ4n) is 4.08. The van der Waals surface area contributed by atoms with Crippen molar-refractivity contribution in [1.82, 2.24) is 4.98 Å². The van der Waals surface area contributed by atoms with Crippen molar-refractivity contribution < 1.29 is 45.4 Å². The average Bonchev–Trinajstić information content (AvgIpc) is 3.04. The molecule has 7 nitrogen and oxygen atoms in total. The lowest BCUT2D eigenvalue weighted by Gasteiger charge is -2.32. The maximum Gasteiger partial charge on any atom is 0.417 e. The van der Waals surface area contributed by atoms with Gasteiger partial charge in [0.2, 0.25) is 0 Å². The van der Waals surface area contributed by atoms with Gasteiger partial charge in [-0.3, -0.25) is 14.6 Å². The fourth-order valence-corrected chi connectivity index (χ4v) is 4.08. The van der Waals surface area contributed by atoms with Crippen LogP contribution in [0.4, 0.5) is 32.0 Å². The highest BCUT2D eigenvalue weighted by Crippen LogP contribution is 2.55. The van der Waals surface area contributed by atoms with E-state index in [1.807, 2.05) is 0 Å². The molecular formula is C22H21F6N3O4. The molecule has 2 aromatic rings. The smallest absolute Gasteiger partial charge is 0.417 e. The number of hydrogen-bond donors (Lipinski definition) is 2. The third-order valence-electron chi connectivity index (χ3n) is 6.14. The number of rotatable bonds is 6. The molecule has 0 spiro atoms. The summed E-state index contributed by atoms with van der Waals surface area (Å²) in [4.78, 5) is 28.2. The number of amides is 2. The van der Waals surface area contributed by atoms with Crippen molar-refractivity contribution in [3.8, 4) is 5.75 Å². The number of pyridine rings is 1. The first-order valence-corrected chi connectivity index (χ1v) is 10.2. The van der Waals surface area contributed by atoms with Crippen molar-refractivity contribution in [3.05, 3.63) is 53.1 Å². The Balaban J connectivity index is 2.10. The van der Waals surface area contributed by atoms with E-state index in [0.29, 0.717) is 0 Å². The summed E-state index contributed by atoms with van der Waals surface area (Å²) in [5.74, 6) is -6.53. The topological polar surface area (TPSA) is 104 Å². The second-order valence-electron chi connectivity index (χ2n) is 8.21. The molecule has 1 aliphatic rings. The van der Waals surface area contributed by atoms with E-state index in [9.17, 15) is 35.9 Å². The van der Waals surface area contributed by atoms with Crippen molar-refractivity contribution >= 4 is 17.5 Å². The van der Waals surface area contributed by atoms with Gasteiger partial charge in [0.05, 0.1) is 0 Å². The predicted molar refractivity (Wildman–Crippen MR) is 110 cm³/mol. The van der Waals surface area contributed by atoms with Crippen LogP contribution in [0.1, 0.15) is 41.4 Å². The van der Waals surface area contributed by atoms with Gasteiger partial charge in [0, 0.05) is 34.8 Å². The van der Waals surface area contributed by atoms with E-state index in [-0.39, 0.29) is 22.5 Å². The molecule has 0 aliphatic carbocycles. The molecule has 0 bridgehead atoms.